The molecule has 1 aliphatic carbocycles. The molecule has 0 saturated heterocycles. The van der Waals surface area contributed by atoms with E-state index in [1.807, 2.05) is 24.3 Å². The molecule has 0 aromatic heterocycles. The molecule has 3 N–H and O–H groups in total. The Hall–Kier alpha value is -1.35. The van der Waals surface area contributed by atoms with Crippen molar-refractivity contribution in [2.24, 2.45) is 11.7 Å². The lowest BCUT2D eigenvalue weighted by Gasteiger charge is -2.05. The fourth-order valence-electron chi connectivity index (χ4n) is 1.86. The molecule has 92 valence electrons. The van der Waals surface area contributed by atoms with Crippen LogP contribution in [0.15, 0.2) is 24.3 Å². The van der Waals surface area contributed by atoms with E-state index < -0.39 is 0 Å². The average Bonchev–Trinajstić information content (AvgIpc) is 3.14. The fourth-order valence-corrected chi connectivity index (χ4v) is 1.86. The van der Waals surface area contributed by atoms with Gasteiger partial charge in [0, 0.05) is 13.1 Å². The normalized spacial score (nSPS) is 14.6. The Kier molecular flexibility index (Phi) is 4.15. The van der Waals surface area contributed by atoms with Crippen LogP contribution in [-0.4, -0.2) is 12.5 Å². The first-order valence-corrected chi connectivity index (χ1v) is 6.32. The molecule has 1 aromatic carbocycles. The van der Waals surface area contributed by atoms with Crippen molar-refractivity contribution in [1.29, 1.82) is 0 Å². The summed E-state index contributed by atoms with van der Waals surface area (Å²) in [6.07, 6.45) is 4.29. The highest BCUT2D eigenvalue weighted by Crippen LogP contribution is 2.31. The molecule has 1 amide bonds. The van der Waals surface area contributed by atoms with Crippen molar-refractivity contribution in [1.82, 2.24) is 5.32 Å². The van der Waals surface area contributed by atoms with Crippen LogP contribution in [0.25, 0.3) is 0 Å². The smallest absolute Gasteiger partial charge is 0.224 e. The Balaban J connectivity index is 1.72. The van der Waals surface area contributed by atoms with E-state index in [4.69, 9.17) is 5.73 Å². The topological polar surface area (TPSA) is 55.1 Å². The second-order valence-electron chi connectivity index (χ2n) is 4.78. The number of amides is 1. The Morgan fingerprint density at radius 2 is 1.88 bits per heavy atom. The summed E-state index contributed by atoms with van der Waals surface area (Å²) in [5.41, 5.74) is 7.67. The first-order valence-electron chi connectivity index (χ1n) is 6.32. The van der Waals surface area contributed by atoms with Gasteiger partial charge >= 0.3 is 0 Å². The molecular weight excluding hydrogens is 212 g/mol. The first kappa shape index (κ1) is 12.1. The molecule has 17 heavy (non-hydrogen) atoms. The first-order chi connectivity index (χ1) is 8.28. The minimum Gasteiger partial charge on any atom is -0.356 e. The van der Waals surface area contributed by atoms with Gasteiger partial charge in [-0.2, -0.15) is 0 Å². The Morgan fingerprint density at radius 3 is 2.47 bits per heavy atom. The van der Waals surface area contributed by atoms with Crippen molar-refractivity contribution in [3.8, 4) is 0 Å². The van der Waals surface area contributed by atoms with Crippen LogP contribution in [0.3, 0.4) is 0 Å². The number of hydrogen-bond donors (Lipinski definition) is 2. The van der Waals surface area contributed by atoms with E-state index in [2.05, 4.69) is 5.32 Å². The summed E-state index contributed by atoms with van der Waals surface area (Å²) >= 11 is 0. The molecule has 1 saturated carbocycles. The molecule has 0 atom stereocenters. The van der Waals surface area contributed by atoms with Crippen molar-refractivity contribution in [3.05, 3.63) is 35.4 Å². The number of benzene rings is 1. The van der Waals surface area contributed by atoms with Crippen molar-refractivity contribution in [3.63, 3.8) is 0 Å². The minimum absolute atomic E-state index is 0.117. The summed E-state index contributed by atoms with van der Waals surface area (Å²) in [6.45, 7) is 1.37. The lowest BCUT2D eigenvalue weighted by molar-refractivity contribution is -0.120. The maximum absolute atomic E-state index is 11.6. The highest BCUT2D eigenvalue weighted by Gasteiger charge is 2.20. The van der Waals surface area contributed by atoms with Gasteiger partial charge in [0.05, 0.1) is 6.42 Å². The van der Waals surface area contributed by atoms with Crippen molar-refractivity contribution < 1.29 is 4.79 Å². The van der Waals surface area contributed by atoms with Crippen LogP contribution in [0, 0.1) is 5.92 Å². The van der Waals surface area contributed by atoms with Gasteiger partial charge in [-0.1, -0.05) is 37.1 Å². The standard InChI is InChI=1S/C14H20N2O/c15-10-13-5-3-12(4-6-13)9-14(17)16-8-7-11-1-2-11/h3-6,11H,1-2,7-10,15H2,(H,16,17). The summed E-state index contributed by atoms with van der Waals surface area (Å²) < 4.78 is 0. The number of rotatable bonds is 6. The van der Waals surface area contributed by atoms with E-state index in [0.29, 0.717) is 13.0 Å². The monoisotopic (exact) mass is 232 g/mol. The van der Waals surface area contributed by atoms with E-state index in [0.717, 1.165) is 30.0 Å². The van der Waals surface area contributed by atoms with E-state index in [1.165, 1.54) is 12.8 Å². The van der Waals surface area contributed by atoms with E-state index in [9.17, 15) is 4.79 Å². The van der Waals surface area contributed by atoms with Gasteiger partial charge < -0.3 is 11.1 Å². The average molecular weight is 232 g/mol. The van der Waals surface area contributed by atoms with Gasteiger partial charge in [0.25, 0.3) is 0 Å². The van der Waals surface area contributed by atoms with Crippen LogP contribution < -0.4 is 11.1 Å². The van der Waals surface area contributed by atoms with Crippen LogP contribution in [0.4, 0.5) is 0 Å². The van der Waals surface area contributed by atoms with Crippen LogP contribution in [0.1, 0.15) is 30.4 Å². The molecule has 3 nitrogen and oxygen atoms in total. The van der Waals surface area contributed by atoms with Crippen LogP contribution >= 0.6 is 0 Å². The Labute approximate surface area is 102 Å². The highest BCUT2D eigenvalue weighted by atomic mass is 16.1. The minimum atomic E-state index is 0.117. The maximum Gasteiger partial charge on any atom is 0.224 e. The third kappa shape index (κ3) is 4.19. The van der Waals surface area contributed by atoms with E-state index in [1.54, 1.807) is 0 Å². The third-order valence-corrected chi connectivity index (χ3v) is 3.20. The molecule has 0 heterocycles. The maximum atomic E-state index is 11.6. The predicted molar refractivity (Wildman–Crippen MR) is 68.4 cm³/mol. The molecule has 1 aromatic rings. The molecule has 1 fully saturated rings. The van der Waals surface area contributed by atoms with Crippen molar-refractivity contribution in [2.75, 3.05) is 6.54 Å². The second-order valence-corrected chi connectivity index (χ2v) is 4.78. The molecule has 0 unspecified atom stereocenters. The fraction of sp³-hybridized carbons (Fsp3) is 0.500. The summed E-state index contributed by atoms with van der Waals surface area (Å²) in [6, 6.07) is 7.91. The van der Waals surface area contributed by atoms with Gasteiger partial charge in [0.15, 0.2) is 0 Å². The highest BCUT2D eigenvalue weighted by molar-refractivity contribution is 5.78. The van der Waals surface area contributed by atoms with E-state index >= 15 is 0 Å². The Morgan fingerprint density at radius 1 is 1.24 bits per heavy atom. The number of carbonyl (C=O) groups is 1. The van der Waals surface area contributed by atoms with Gasteiger partial charge in [-0.25, -0.2) is 0 Å². The number of carbonyl (C=O) groups excluding carboxylic acids is 1. The molecule has 0 spiro atoms. The van der Waals surface area contributed by atoms with Gasteiger partial charge in [0.2, 0.25) is 5.91 Å². The second kappa shape index (κ2) is 5.82. The van der Waals surface area contributed by atoms with Crippen LogP contribution in [-0.2, 0) is 17.8 Å². The SMILES string of the molecule is NCc1ccc(CC(=O)NCCC2CC2)cc1. The van der Waals surface area contributed by atoms with Gasteiger partial charge in [0.1, 0.15) is 0 Å². The Bertz CT molecular complexity index is 368. The summed E-state index contributed by atoms with van der Waals surface area (Å²) in [7, 11) is 0. The van der Waals surface area contributed by atoms with Gasteiger partial charge in [-0.05, 0) is 23.5 Å². The van der Waals surface area contributed by atoms with Crippen LogP contribution in [0.5, 0.6) is 0 Å². The molecule has 0 radical (unpaired) electrons. The molecule has 0 aliphatic heterocycles. The lowest BCUT2D eigenvalue weighted by Crippen LogP contribution is -2.26. The molecule has 1 aliphatic rings. The van der Waals surface area contributed by atoms with E-state index in [-0.39, 0.29) is 5.91 Å². The zero-order valence-corrected chi connectivity index (χ0v) is 10.1. The summed E-state index contributed by atoms with van der Waals surface area (Å²) in [5.74, 6) is 0.991. The number of nitrogens with two attached hydrogens (primary N) is 1. The quantitative estimate of drug-likeness (QED) is 0.783. The largest absolute Gasteiger partial charge is 0.356 e. The third-order valence-electron chi connectivity index (χ3n) is 3.20. The lowest BCUT2D eigenvalue weighted by atomic mass is 10.1. The zero-order valence-electron chi connectivity index (χ0n) is 10.1. The molecular formula is C14H20N2O. The summed E-state index contributed by atoms with van der Waals surface area (Å²) in [5, 5.41) is 2.97. The molecule has 2 rings (SSSR count). The van der Waals surface area contributed by atoms with Crippen molar-refractivity contribution >= 4 is 5.91 Å². The van der Waals surface area contributed by atoms with Gasteiger partial charge in [-0.3, -0.25) is 4.79 Å². The zero-order chi connectivity index (χ0) is 12.1. The van der Waals surface area contributed by atoms with Crippen LogP contribution in [0.2, 0.25) is 0 Å². The molecule has 0 bridgehead atoms. The predicted octanol–water partition coefficient (Wildman–Crippen LogP) is 1.60. The van der Waals surface area contributed by atoms with Gasteiger partial charge in [-0.15, -0.1) is 0 Å². The van der Waals surface area contributed by atoms with Crippen molar-refractivity contribution in [2.45, 2.75) is 32.2 Å². The number of hydrogen-bond acceptors (Lipinski definition) is 2. The molecule has 3 heteroatoms. The number of nitrogens with one attached hydrogen (secondary N) is 1. The summed E-state index contributed by atoms with van der Waals surface area (Å²) in [4.78, 5) is 11.6.